The summed E-state index contributed by atoms with van der Waals surface area (Å²) in [6, 6.07) is 13.6. The maximum absolute atomic E-state index is 12.8. The fourth-order valence-corrected chi connectivity index (χ4v) is 3.02. The van der Waals surface area contributed by atoms with Crippen LogP contribution >= 0.6 is 11.8 Å². The van der Waals surface area contributed by atoms with E-state index in [1.165, 1.54) is 23.9 Å². The van der Waals surface area contributed by atoms with E-state index in [1.54, 1.807) is 19.2 Å². The summed E-state index contributed by atoms with van der Waals surface area (Å²) in [7, 11) is 1.61. The van der Waals surface area contributed by atoms with E-state index in [-0.39, 0.29) is 24.8 Å². The van der Waals surface area contributed by atoms with Crippen LogP contribution in [-0.2, 0) is 20.7 Å². The Labute approximate surface area is 162 Å². The number of amides is 1. The quantitative estimate of drug-likeness (QED) is 0.498. The van der Waals surface area contributed by atoms with Gasteiger partial charge in [0.05, 0.1) is 13.5 Å². The first-order chi connectivity index (χ1) is 13.1. The van der Waals surface area contributed by atoms with Gasteiger partial charge in [0.1, 0.15) is 11.6 Å². The molecule has 27 heavy (non-hydrogen) atoms. The summed E-state index contributed by atoms with van der Waals surface area (Å²) >= 11 is 1.43. The molecule has 0 spiro atoms. The minimum absolute atomic E-state index is 0.182. The van der Waals surface area contributed by atoms with E-state index in [0.29, 0.717) is 18.7 Å². The van der Waals surface area contributed by atoms with Crippen LogP contribution in [0.3, 0.4) is 0 Å². The summed E-state index contributed by atoms with van der Waals surface area (Å²) in [5.41, 5.74) is 1.07. The van der Waals surface area contributed by atoms with Crippen molar-refractivity contribution in [2.75, 3.05) is 26.0 Å². The maximum Gasteiger partial charge on any atom is 0.307 e. The highest BCUT2D eigenvalue weighted by Gasteiger charge is 2.08. The van der Waals surface area contributed by atoms with Crippen LogP contribution in [0.4, 0.5) is 4.39 Å². The summed E-state index contributed by atoms with van der Waals surface area (Å²) in [4.78, 5) is 24.3. The van der Waals surface area contributed by atoms with Crippen molar-refractivity contribution in [2.45, 2.75) is 17.7 Å². The first-order valence-corrected chi connectivity index (χ1v) is 9.49. The second-order valence-electron chi connectivity index (χ2n) is 5.66. The van der Waals surface area contributed by atoms with Gasteiger partial charge in [-0.2, -0.15) is 0 Å². The predicted octanol–water partition coefficient (Wildman–Crippen LogP) is 3.22. The summed E-state index contributed by atoms with van der Waals surface area (Å²) in [5.74, 6) is 0.228. The van der Waals surface area contributed by atoms with Gasteiger partial charge < -0.3 is 14.8 Å². The van der Waals surface area contributed by atoms with Crippen molar-refractivity contribution in [1.29, 1.82) is 0 Å². The van der Waals surface area contributed by atoms with Crippen molar-refractivity contribution >= 4 is 23.6 Å². The van der Waals surface area contributed by atoms with Gasteiger partial charge in [0.15, 0.2) is 6.61 Å². The van der Waals surface area contributed by atoms with E-state index in [1.807, 2.05) is 24.3 Å². The number of nitrogens with one attached hydrogen (secondary N) is 1. The Hall–Kier alpha value is -2.54. The fraction of sp³-hybridized carbons (Fsp3) is 0.300. The van der Waals surface area contributed by atoms with Gasteiger partial charge in [-0.1, -0.05) is 12.1 Å². The molecule has 0 radical (unpaired) electrons. The van der Waals surface area contributed by atoms with Crippen LogP contribution in [-0.4, -0.2) is 37.9 Å². The van der Waals surface area contributed by atoms with E-state index in [2.05, 4.69) is 5.32 Å². The number of hydrogen-bond acceptors (Lipinski definition) is 5. The molecule has 0 unspecified atom stereocenters. The van der Waals surface area contributed by atoms with Gasteiger partial charge >= 0.3 is 5.97 Å². The SMILES string of the molecule is COc1ccc(CCNC(=O)COC(=O)CCSc2ccc(F)cc2)cc1. The van der Waals surface area contributed by atoms with E-state index < -0.39 is 5.97 Å². The number of benzene rings is 2. The Kier molecular flexibility index (Phi) is 8.64. The van der Waals surface area contributed by atoms with Crippen molar-refractivity contribution in [3.8, 4) is 5.75 Å². The number of esters is 1. The average molecular weight is 391 g/mol. The number of carbonyl (C=O) groups excluding carboxylic acids is 2. The molecule has 0 aromatic heterocycles. The lowest BCUT2D eigenvalue weighted by atomic mass is 10.1. The molecule has 0 aliphatic heterocycles. The molecule has 0 fully saturated rings. The molecule has 2 aromatic rings. The second-order valence-corrected chi connectivity index (χ2v) is 6.83. The summed E-state index contributed by atoms with van der Waals surface area (Å²) in [5, 5.41) is 2.71. The molecule has 2 rings (SSSR count). The fourth-order valence-electron chi connectivity index (χ4n) is 2.19. The van der Waals surface area contributed by atoms with E-state index in [4.69, 9.17) is 9.47 Å². The van der Waals surface area contributed by atoms with Crippen molar-refractivity contribution in [1.82, 2.24) is 5.32 Å². The van der Waals surface area contributed by atoms with Crippen molar-refractivity contribution in [3.05, 3.63) is 59.9 Å². The number of rotatable bonds is 10. The number of hydrogen-bond donors (Lipinski definition) is 1. The highest BCUT2D eigenvalue weighted by atomic mass is 32.2. The lowest BCUT2D eigenvalue weighted by Crippen LogP contribution is -2.30. The van der Waals surface area contributed by atoms with Gasteiger partial charge in [-0.3, -0.25) is 9.59 Å². The topological polar surface area (TPSA) is 64.6 Å². The van der Waals surface area contributed by atoms with E-state index >= 15 is 0 Å². The number of ether oxygens (including phenoxy) is 2. The zero-order chi connectivity index (χ0) is 19.5. The lowest BCUT2D eigenvalue weighted by molar-refractivity contribution is -0.148. The molecule has 0 aliphatic carbocycles. The Morgan fingerprint density at radius 1 is 1.07 bits per heavy atom. The number of halogens is 1. The molecule has 1 N–H and O–H groups in total. The molecule has 0 aliphatic rings. The van der Waals surface area contributed by atoms with Crippen molar-refractivity contribution in [3.63, 3.8) is 0 Å². The third-order valence-electron chi connectivity index (χ3n) is 3.65. The van der Waals surface area contributed by atoms with Crippen LogP contribution in [0.1, 0.15) is 12.0 Å². The van der Waals surface area contributed by atoms with Crippen LogP contribution in [0.25, 0.3) is 0 Å². The molecule has 5 nitrogen and oxygen atoms in total. The third kappa shape index (κ3) is 8.13. The van der Waals surface area contributed by atoms with Gasteiger partial charge in [-0.25, -0.2) is 4.39 Å². The first kappa shape index (κ1) is 20.8. The summed E-state index contributed by atoms with van der Waals surface area (Å²) in [6.07, 6.45) is 0.860. The molecule has 0 saturated heterocycles. The van der Waals surface area contributed by atoms with E-state index in [0.717, 1.165) is 16.2 Å². The normalized spacial score (nSPS) is 10.3. The molecule has 0 bridgehead atoms. The predicted molar refractivity (Wildman–Crippen MR) is 102 cm³/mol. The minimum atomic E-state index is -0.435. The standard InChI is InChI=1S/C20H22FNO4S/c1-25-17-6-2-15(3-7-17)10-12-22-19(23)14-26-20(24)11-13-27-18-8-4-16(21)5-9-18/h2-9H,10-14H2,1H3,(H,22,23). The molecular weight excluding hydrogens is 369 g/mol. The molecule has 7 heteroatoms. The van der Waals surface area contributed by atoms with Crippen molar-refractivity contribution < 1.29 is 23.5 Å². The van der Waals surface area contributed by atoms with Gasteiger partial charge in [-0.15, -0.1) is 11.8 Å². The Bertz CT molecular complexity index is 735. The zero-order valence-electron chi connectivity index (χ0n) is 15.1. The van der Waals surface area contributed by atoms with Crippen LogP contribution < -0.4 is 10.1 Å². The summed E-state index contributed by atoms with van der Waals surface area (Å²) in [6.45, 7) is 0.172. The maximum atomic E-state index is 12.8. The highest BCUT2D eigenvalue weighted by Crippen LogP contribution is 2.19. The largest absolute Gasteiger partial charge is 0.497 e. The zero-order valence-corrected chi connectivity index (χ0v) is 15.9. The lowest BCUT2D eigenvalue weighted by Gasteiger charge is -2.07. The van der Waals surface area contributed by atoms with Gasteiger partial charge in [0, 0.05) is 17.2 Å². The molecule has 0 heterocycles. The van der Waals surface area contributed by atoms with Crippen LogP contribution in [0.5, 0.6) is 5.75 Å². The Morgan fingerprint density at radius 2 is 1.78 bits per heavy atom. The second kappa shape index (κ2) is 11.2. The Balaban J connectivity index is 1.56. The van der Waals surface area contributed by atoms with E-state index in [9.17, 15) is 14.0 Å². The van der Waals surface area contributed by atoms with Gasteiger partial charge in [0.25, 0.3) is 5.91 Å². The van der Waals surface area contributed by atoms with Crippen LogP contribution in [0.2, 0.25) is 0 Å². The third-order valence-corrected chi connectivity index (χ3v) is 4.66. The minimum Gasteiger partial charge on any atom is -0.497 e. The van der Waals surface area contributed by atoms with Crippen LogP contribution in [0, 0.1) is 5.82 Å². The van der Waals surface area contributed by atoms with Crippen molar-refractivity contribution in [2.24, 2.45) is 0 Å². The molecule has 1 amide bonds. The monoisotopic (exact) mass is 391 g/mol. The average Bonchev–Trinajstić information content (AvgIpc) is 2.68. The molecule has 2 aromatic carbocycles. The summed E-state index contributed by atoms with van der Waals surface area (Å²) < 4.78 is 22.8. The number of carbonyl (C=O) groups is 2. The van der Waals surface area contributed by atoms with Gasteiger partial charge in [0.2, 0.25) is 0 Å². The smallest absolute Gasteiger partial charge is 0.307 e. The molecular formula is C20H22FNO4S. The molecule has 0 atom stereocenters. The highest BCUT2D eigenvalue weighted by molar-refractivity contribution is 7.99. The molecule has 144 valence electrons. The van der Waals surface area contributed by atoms with Gasteiger partial charge in [-0.05, 0) is 48.4 Å². The number of methoxy groups -OCH3 is 1. The van der Waals surface area contributed by atoms with Crippen LogP contribution in [0.15, 0.2) is 53.4 Å². The Morgan fingerprint density at radius 3 is 2.44 bits per heavy atom. The number of thioether (sulfide) groups is 1. The first-order valence-electron chi connectivity index (χ1n) is 8.50. The molecule has 0 saturated carbocycles.